The molecule has 0 bridgehead atoms. The van der Waals surface area contributed by atoms with Gasteiger partial charge in [-0.2, -0.15) is 0 Å². The van der Waals surface area contributed by atoms with Crippen molar-refractivity contribution >= 4 is 23.0 Å². The minimum atomic E-state index is 0.780. The first-order chi connectivity index (χ1) is 7.86. The van der Waals surface area contributed by atoms with Crippen molar-refractivity contribution in [3.8, 4) is 0 Å². The number of amides is 1. The SMILES string of the molecule is CCCCN(C=O)c1c[nH]c2ccccc12. The first-order valence-corrected chi connectivity index (χ1v) is 5.65. The first-order valence-electron chi connectivity index (χ1n) is 5.65. The highest BCUT2D eigenvalue weighted by molar-refractivity contribution is 5.97. The summed E-state index contributed by atoms with van der Waals surface area (Å²) >= 11 is 0. The molecule has 1 N–H and O–H groups in total. The van der Waals surface area contributed by atoms with Crippen molar-refractivity contribution in [2.75, 3.05) is 11.4 Å². The molecule has 84 valence electrons. The lowest BCUT2D eigenvalue weighted by Gasteiger charge is -2.15. The predicted molar refractivity (Wildman–Crippen MR) is 66.6 cm³/mol. The standard InChI is InChI=1S/C13H16N2O/c1-2-3-8-15(10-16)13-9-14-12-7-5-4-6-11(12)13/h4-7,9-10,14H,2-3,8H2,1H3. The van der Waals surface area contributed by atoms with Crippen LogP contribution in [-0.4, -0.2) is 17.9 Å². The van der Waals surface area contributed by atoms with E-state index in [0.717, 1.165) is 42.4 Å². The van der Waals surface area contributed by atoms with E-state index in [1.807, 2.05) is 30.5 Å². The van der Waals surface area contributed by atoms with Gasteiger partial charge in [0.05, 0.1) is 5.69 Å². The normalized spacial score (nSPS) is 10.6. The number of rotatable bonds is 5. The van der Waals surface area contributed by atoms with Crippen LogP contribution in [0.4, 0.5) is 5.69 Å². The van der Waals surface area contributed by atoms with Crippen LogP contribution < -0.4 is 4.90 Å². The van der Waals surface area contributed by atoms with Crippen molar-refractivity contribution in [3.63, 3.8) is 0 Å². The Morgan fingerprint density at radius 3 is 2.94 bits per heavy atom. The summed E-state index contributed by atoms with van der Waals surface area (Å²) in [6, 6.07) is 8.02. The van der Waals surface area contributed by atoms with Crippen molar-refractivity contribution in [2.45, 2.75) is 19.8 Å². The Morgan fingerprint density at radius 2 is 2.19 bits per heavy atom. The summed E-state index contributed by atoms with van der Waals surface area (Å²) in [7, 11) is 0. The lowest BCUT2D eigenvalue weighted by Crippen LogP contribution is -2.21. The van der Waals surface area contributed by atoms with Crippen LogP contribution in [0, 0.1) is 0 Å². The topological polar surface area (TPSA) is 36.1 Å². The van der Waals surface area contributed by atoms with Gasteiger partial charge < -0.3 is 9.88 Å². The number of anilines is 1. The Hall–Kier alpha value is -1.77. The quantitative estimate of drug-likeness (QED) is 0.766. The van der Waals surface area contributed by atoms with Crippen LogP contribution in [0.5, 0.6) is 0 Å². The summed E-state index contributed by atoms with van der Waals surface area (Å²) in [6.07, 6.45) is 4.92. The lowest BCUT2D eigenvalue weighted by atomic mass is 10.2. The third kappa shape index (κ3) is 1.94. The Labute approximate surface area is 95.1 Å². The summed E-state index contributed by atoms with van der Waals surface area (Å²) in [4.78, 5) is 16.0. The number of aromatic nitrogens is 1. The Balaban J connectivity index is 2.33. The van der Waals surface area contributed by atoms with Crippen molar-refractivity contribution in [1.29, 1.82) is 0 Å². The summed E-state index contributed by atoms with van der Waals surface area (Å²) in [5, 5.41) is 1.10. The zero-order valence-corrected chi connectivity index (χ0v) is 9.44. The number of para-hydroxylation sites is 1. The number of benzene rings is 1. The van der Waals surface area contributed by atoms with Crippen LogP contribution in [0.25, 0.3) is 10.9 Å². The maximum atomic E-state index is 11.1. The predicted octanol–water partition coefficient (Wildman–Crippen LogP) is 2.93. The molecular formula is C13H16N2O. The number of fused-ring (bicyclic) bond motifs is 1. The highest BCUT2D eigenvalue weighted by Gasteiger charge is 2.09. The number of nitrogens with zero attached hydrogens (tertiary/aromatic N) is 1. The zero-order chi connectivity index (χ0) is 11.4. The molecule has 0 radical (unpaired) electrons. The molecule has 1 heterocycles. The maximum Gasteiger partial charge on any atom is 0.214 e. The molecule has 0 aliphatic rings. The van der Waals surface area contributed by atoms with Gasteiger partial charge in [-0.3, -0.25) is 4.79 Å². The molecule has 0 atom stereocenters. The number of unbranched alkanes of at least 4 members (excludes halogenated alkanes) is 1. The van der Waals surface area contributed by atoms with Gasteiger partial charge in [0, 0.05) is 23.6 Å². The van der Waals surface area contributed by atoms with Crippen LogP contribution in [0.2, 0.25) is 0 Å². The van der Waals surface area contributed by atoms with Gasteiger partial charge in [0.2, 0.25) is 6.41 Å². The molecule has 0 aliphatic carbocycles. The average Bonchev–Trinajstić information content (AvgIpc) is 2.75. The summed E-state index contributed by atoms with van der Waals surface area (Å²) < 4.78 is 0. The van der Waals surface area contributed by atoms with E-state index in [9.17, 15) is 4.79 Å². The molecule has 1 aromatic heterocycles. The maximum absolute atomic E-state index is 11.1. The monoisotopic (exact) mass is 216 g/mol. The Kier molecular flexibility index (Phi) is 3.25. The molecule has 1 amide bonds. The fourth-order valence-electron chi connectivity index (χ4n) is 1.85. The fraction of sp³-hybridized carbons (Fsp3) is 0.308. The summed E-state index contributed by atoms with van der Waals surface area (Å²) in [5.74, 6) is 0. The highest BCUT2D eigenvalue weighted by atomic mass is 16.1. The van der Waals surface area contributed by atoms with Gasteiger partial charge in [-0.05, 0) is 12.5 Å². The number of nitrogens with one attached hydrogen (secondary N) is 1. The van der Waals surface area contributed by atoms with E-state index in [-0.39, 0.29) is 0 Å². The summed E-state index contributed by atoms with van der Waals surface area (Å²) in [6.45, 7) is 2.90. The molecule has 3 nitrogen and oxygen atoms in total. The Morgan fingerprint density at radius 1 is 1.38 bits per heavy atom. The second kappa shape index (κ2) is 4.84. The third-order valence-corrected chi connectivity index (χ3v) is 2.76. The van der Waals surface area contributed by atoms with Crippen molar-refractivity contribution < 1.29 is 4.79 Å². The van der Waals surface area contributed by atoms with Gasteiger partial charge in [-0.15, -0.1) is 0 Å². The number of carbonyl (C=O) groups excluding carboxylic acids is 1. The van der Waals surface area contributed by atoms with Crippen LogP contribution in [0.15, 0.2) is 30.5 Å². The van der Waals surface area contributed by atoms with Gasteiger partial charge in [0.1, 0.15) is 0 Å². The zero-order valence-electron chi connectivity index (χ0n) is 9.44. The molecule has 2 aromatic rings. The highest BCUT2D eigenvalue weighted by Crippen LogP contribution is 2.25. The van der Waals surface area contributed by atoms with Crippen molar-refractivity contribution in [3.05, 3.63) is 30.5 Å². The minimum Gasteiger partial charge on any atom is -0.359 e. The van der Waals surface area contributed by atoms with E-state index in [1.165, 1.54) is 0 Å². The number of carbonyl (C=O) groups is 1. The average molecular weight is 216 g/mol. The van der Waals surface area contributed by atoms with E-state index < -0.39 is 0 Å². The number of aromatic amines is 1. The van der Waals surface area contributed by atoms with Gasteiger partial charge in [-0.25, -0.2) is 0 Å². The molecule has 1 aromatic carbocycles. The van der Waals surface area contributed by atoms with Crippen LogP contribution in [0.3, 0.4) is 0 Å². The van der Waals surface area contributed by atoms with E-state index in [0.29, 0.717) is 0 Å². The molecule has 0 saturated carbocycles. The van der Waals surface area contributed by atoms with Crippen LogP contribution in [0.1, 0.15) is 19.8 Å². The molecule has 2 rings (SSSR count). The van der Waals surface area contributed by atoms with Crippen LogP contribution >= 0.6 is 0 Å². The van der Waals surface area contributed by atoms with E-state index in [2.05, 4.69) is 11.9 Å². The minimum absolute atomic E-state index is 0.780. The third-order valence-electron chi connectivity index (χ3n) is 2.76. The second-order valence-corrected chi connectivity index (χ2v) is 3.87. The Bertz CT molecular complexity index is 475. The molecule has 16 heavy (non-hydrogen) atoms. The molecular weight excluding hydrogens is 200 g/mol. The largest absolute Gasteiger partial charge is 0.359 e. The molecule has 0 saturated heterocycles. The van der Waals surface area contributed by atoms with Crippen molar-refractivity contribution in [2.24, 2.45) is 0 Å². The molecule has 0 fully saturated rings. The van der Waals surface area contributed by atoms with E-state index in [1.54, 1.807) is 4.90 Å². The summed E-state index contributed by atoms with van der Waals surface area (Å²) in [5.41, 5.74) is 2.04. The van der Waals surface area contributed by atoms with E-state index in [4.69, 9.17) is 0 Å². The number of hydrogen-bond acceptors (Lipinski definition) is 1. The lowest BCUT2D eigenvalue weighted by molar-refractivity contribution is -0.107. The van der Waals surface area contributed by atoms with Gasteiger partial charge in [0.15, 0.2) is 0 Å². The van der Waals surface area contributed by atoms with Gasteiger partial charge >= 0.3 is 0 Å². The van der Waals surface area contributed by atoms with Crippen molar-refractivity contribution in [1.82, 2.24) is 4.98 Å². The fourth-order valence-corrected chi connectivity index (χ4v) is 1.85. The van der Waals surface area contributed by atoms with E-state index >= 15 is 0 Å². The molecule has 0 unspecified atom stereocenters. The van der Waals surface area contributed by atoms with Crippen LogP contribution in [-0.2, 0) is 4.79 Å². The number of hydrogen-bond donors (Lipinski definition) is 1. The molecule has 0 spiro atoms. The van der Waals surface area contributed by atoms with Gasteiger partial charge in [-0.1, -0.05) is 31.5 Å². The molecule has 0 aliphatic heterocycles. The smallest absolute Gasteiger partial charge is 0.214 e. The number of H-pyrrole nitrogens is 1. The first kappa shape index (κ1) is 10.7. The second-order valence-electron chi connectivity index (χ2n) is 3.87. The molecule has 3 heteroatoms. The van der Waals surface area contributed by atoms with Gasteiger partial charge in [0.25, 0.3) is 0 Å².